The summed E-state index contributed by atoms with van der Waals surface area (Å²) in [7, 11) is 0. The first kappa shape index (κ1) is 24.4. The zero-order valence-corrected chi connectivity index (χ0v) is 20.4. The molecule has 0 saturated heterocycles. The maximum absolute atomic E-state index is 12.4. The zero-order valence-electron chi connectivity index (χ0n) is 18.8. The molecule has 9 nitrogen and oxygen atoms in total. The Labute approximate surface area is 206 Å². The number of aromatic hydroxyl groups is 1. The molecule has 4 rings (SSSR count). The van der Waals surface area contributed by atoms with Gasteiger partial charge >= 0.3 is 5.97 Å². The molecule has 182 valence electrons. The predicted molar refractivity (Wildman–Crippen MR) is 129 cm³/mol. The van der Waals surface area contributed by atoms with Crippen LogP contribution < -0.4 is 10.6 Å². The number of hydrogen-bond acceptors (Lipinski definition) is 7. The van der Waals surface area contributed by atoms with Gasteiger partial charge in [-0.2, -0.15) is 0 Å². The van der Waals surface area contributed by atoms with Crippen molar-refractivity contribution in [3.63, 3.8) is 0 Å². The highest BCUT2D eigenvalue weighted by molar-refractivity contribution is 9.10. The molecule has 10 heteroatoms. The van der Waals surface area contributed by atoms with E-state index in [0.29, 0.717) is 10.4 Å². The lowest BCUT2D eigenvalue weighted by Crippen LogP contribution is -2.42. The number of amides is 1. The molecule has 1 fully saturated rings. The Balaban J connectivity index is 1.16. The largest absolute Gasteiger partial charge is 0.493 e. The molecule has 2 aromatic rings. The van der Waals surface area contributed by atoms with E-state index in [9.17, 15) is 19.8 Å². The number of aromatic nitrogens is 2. The highest BCUT2D eigenvalue weighted by Gasteiger charge is 2.30. The molecule has 1 saturated carbocycles. The van der Waals surface area contributed by atoms with Crippen LogP contribution in [0.3, 0.4) is 0 Å². The standard InChI is InChI=1S/C24H29BrN4O5/c25-19-13-27-21(30)12-18(19)23(31)29-20(24(32)33)7-9-34-17-10-14(11-17)3-5-16-6-4-15-2-1-8-26-22(15)28-16/h4,6,12-14,17,20H,1-3,5,7-11H2,(H,26,28)(H,27,30)(H,29,31)(H,32,33). The molecule has 0 radical (unpaired) electrons. The molecular formula is C24H29BrN4O5. The minimum Gasteiger partial charge on any atom is -0.493 e. The number of pyridine rings is 2. The summed E-state index contributed by atoms with van der Waals surface area (Å²) in [4.78, 5) is 32.4. The van der Waals surface area contributed by atoms with Gasteiger partial charge in [0.05, 0.1) is 11.7 Å². The van der Waals surface area contributed by atoms with Gasteiger partial charge in [0.15, 0.2) is 0 Å². The SMILES string of the molecule is O=C(NC(CCOC1CC(CCc2ccc3c(n2)NCCC3)C1)C(=O)O)c1cc(O)ncc1Br. The summed E-state index contributed by atoms with van der Waals surface area (Å²) >= 11 is 3.18. The summed E-state index contributed by atoms with van der Waals surface area (Å²) in [6.45, 7) is 1.23. The van der Waals surface area contributed by atoms with Crippen LogP contribution >= 0.6 is 15.9 Å². The van der Waals surface area contributed by atoms with E-state index in [-0.39, 0.29) is 30.6 Å². The fourth-order valence-electron chi connectivity index (χ4n) is 4.35. The van der Waals surface area contributed by atoms with Crippen molar-refractivity contribution in [2.75, 3.05) is 18.5 Å². The van der Waals surface area contributed by atoms with Crippen LogP contribution in [0.1, 0.15) is 53.7 Å². The second-order valence-corrected chi connectivity index (χ2v) is 9.74. The number of carboxylic acid groups (broad SMARTS) is 1. The second kappa shape index (κ2) is 11.1. The number of carbonyl (C=O) groups excluding carboxylic acids is 1. The van der Waals surface area contributed by atoms with Gasteiger partial charge in [0, 0.05) is 42.0 Å². The lowest BCUT2D eigenvalue weighted by molar-refractivity contribution is -0.140. The highest BCUT2D eigenvalue weighted by atomic mass is 79.9. The van der Waals surface area contributed by atoms with E-state index in [2.05, 4.69) is 43.7 Å². The number of anilines is 1. The van der Waals surface area contributed by atoms with Gasteiger partial charge in [-0.25, -0.2) is 14.8 Å². The van der Waals surface area contributed by atoms with Gasteiger partial charge in [-0.1, -0.05) is 6.07 Å². The molecule has 3 heterocycles. The smallest absolute Gasteiger partial charge is 0.326 e. The van der Waals surface area contributed by atoms with Crippen LogP contribution in [0.15, 0.2) is 28.9 Å². The fraction of sp³-hybridized carbons (Fsp3) is 0.500. The predicted octanol–water partition coefficient (Wildman–Crippen LogP) is 3.30. The monoisotopic (exact) mass is 532 g/mol. The molecule has 1 aliphatic heterocycles. The lowest BCUT2D eigenvalue weighted by atomic mass is 9.79. The average Bonchev–Trinajstić information content (AvgIpc) is 2.80. The first-order valence-electron chi connectivity index (χ1n) is 11.6. The summed E-state index contributed by atoms with van der Waals surface area (Å²) in [5.74, 6) is -0.437. The van der Waals surface area contributed by atoms with E-state index >= 15 is 0 Å². The van der Waals surface area contributed by atoms with Crippen LogP contribution in [0.5, 0.6) is 5.88 Å². The third kappa shape index (κ3) is 6.24. The molecular weight excluding hydrogens is 504 g/mol. The summed E-state index contributed by atoms with van der Waals surface area (Å²) < 4.78 is 6.21. The Morgan fingerprint density at radius 2 is 2.15 bits per heavy atom. The van der Waals surface area contributed by atoms with Crippen molar-refractivity contribution in [1.29, 1.82) is 0 Å². The Bertz CT molecular complexity index is 1040. The molecule has 1 unspecified atom stereocenters. The molecule has 2 aromatic heterocycles. The molecule has 1 atom stereocenters. The topological polar surface area (TPSA) is 134 Å². The van der Waals surface area contributed by atoms with Crippen molar-refractivity contribution in [3.8, 4) is 5.88 Å². The Morgan fingerprint density at radius 1 is 1.32 bits per heavy atom. The van der Waals surface area contributed by atoms with Crippen molar-refractivity contribution in [2.45, 2.75) is 57.1 Å². The van der Waals surface area contributed by atoms with Gasteiger partial charge in [0.2, 0.25) is 5.88 Å². The number of hydrogen-bond donors (Lipinski definition) is 4. The minimum atomic E-state index is -1.13. The van der Waals surface area contributed by atoms with Crippen LogP contribution in [0, 0.1) is 5.92 Å². The molecule has 0 bridgehead atoms. The highest BCUT2D eigenvalue weighted by Crippen LogP contribution is 2.34. The second-order valence-electron chi connectivity index (χ2n) is 8.88. The molecule has 0 aromatic carbocycles. The maximum Gasteiger partial charge on any atom is 0.326 e. The van der Waals surface area contributed by atoms with Gasteiger partial charge < -0.3 is 25.6 Å². The normalized spacial score (nSPS) is 19.9. The third-order valence-corrected chi connectivity index (χ3v) is 7.03. The molecule has 34 heavy (non-hydrogen) atoms. The van der Waals surface area contributed by atoms with Crippen molar-refractivity contribution in [2.24, 2.45) is 5.92 Å². The van der Waals surface area contributed by atoms with E-state index in [1.54, 1.807) is 0 Å². The van der Waals surface area contributed by atoms with Crippen molar-refractivity contribution in [3.05, 3.63) is 45.7 Å². The van der Waals surface area contributed by atoms with E-state index in [4.69, 9.17) is 9.72 Å². The number of ether oxygens (including phenoxy) is 1. The quantitative estimate of drug-likeness (QED) is 0.366. The summed E-state index contributed by atoms with van der Waals surface area (Å²) in [5.41, 5.74) is 2.53. The number of nitrogens with one attached hydrogen (secondary N) is 2. The fourth-order valence-corrected chi connectivity index (χ4v) is 4.75. The number of nitrogens with zero attached hydrogens (tertiary/aromatic N) is 2. The first-order chi connectivity index (χ1) is 16.4. The zero-order chi connectivity index (χ0) is 24.1. The summed E-state index contributed by atoms with van der Waals surface area (Å²) in [5, 5.41) is 24.8. The third-order valence-electron chi connectivity index (χ3n) is 6.40. The van der Waals surface area contributed by atoms with Gasteiger partial charge in [0.1, 0.15) is 11.9 Å². The van der Waals surface area contributed by atoms with E-state index in [1.807, 2.05) is 0 Å². The Hall–Kier alpha value is -2.72. The number of halogens is 1. The molecule has 0 spiro atoms. The van der Waals surface area contributed by atoms with Crippen molar-refractivity contribution >= 4 is 33.6 Å². The minimum absolute atomic E-state index is 0.116. The number of aryl methyl sites for hydroxylation is 2. The van der Waals surface area contributed by atoms with E-state index < -0.39 is 17.9 Å². The van der Waals surface area contributed by atoms with Gasteiger partial charge in [-0.15, -0.1) is 0 Å². The maximum atomic E-state index is 12.4. The van der Waals surface area contributed by atoms with Crippen molar-refractivity contribution in [1.82, 2.24) is 15.3 Å². The summed E-state index contributed by atoms with van der Waals surface area (Å²) in [6.07, 6.45) is 7.73. The van der Waals surface area contributed by atoms with Crippen molar-refractivity contribution < 1.29 is 24.5 Å². The van der Waals surface area contributed by atoms with Gasteiger partial charge in [-0.05, 0) is 72.0 Å². The molecule has 1 aliphatic carbocycles. The Morgan fingerprint density at radius 3 is 2.94 bits per heavy atom. The lowest BCUT2D eigenvalue weighted by Gasteiger charge is -2.35. The molecule has 2 aliphatic rings. The number of carboxylic acids is 1. The van der Waals surface area contributed by atoms with Crippen LogP contribution in [-0.2, 0) is 22.4 Å². The van der Waals surface area contributed by atoms with Crippen LogP contribution in [0.2, 0.25) is 0 Å². The van der Waals surface area contributed by atoms with Crippen LogP contribution in [0.25, 0.3) is 0 Å². The van der Waals surface area contributed by atoms with E-state index in [1.165, 1.54) is 17.8 Å². The molecule has 1 amide bonds. The number of carbonyl (C=O) groups is 2. The average molecular weight is 533 g/mol. The van der Waals surface area contributed by atoms with Gasteiger partial charge in [0.25, 0.3) is 5.91 Å². The van der Waals surface area contributed by atoms with Gasteiger partial charge in [-0.3, -0.25) is 4.79 Å². The first-order valence-corrected chi connectivity index (χ1v) is 12.4. The van der Waals surface area contributed by atoms with E-state index in [0.717, 1.165) is 56.6 Å². The Kier molecular flexibility index (Phi) is 7.99. The number of fused-ring (bicyclic) bond motifs is 1. The molecule has 4 N–H and O–H groups in total. The number of aliphatic carboxylic acids is 1. The number of rotatable bonds is 10. The van der Waals surface area contributed by atoms with Crippen LogP contribution in [0.4, 0.5) is 5.82 Å². The summed E-state index contributed by atoms with van der Waals surface area (Å²) in [6, 6.07) is 4.41. The van der Waals surface area contributed by atoms with Crippen LogP contribution in [-0.4, -0.2) is 57.4 Å².